The molecule has 1 unspecified atom stereocenters. The Morgan fingerprint density at radius 3 is 2.12 bits per heavy atom. The first kappa shape index (κ1) is 23.9. The Balaban J connectivity index is 1.94. The van der Waals surface area contributed by atoms with Gasteiger partial charge in [0.1, 0.15) is 5.75 Å². The summed E-state index contributed by atoms with van der Waals surface area (Å²) in [6.45, 7) is 8.25. The molecule has 34 heavy (non-hydrogen) atoms. The highest BCUT2D eigenvalue weighted by Gasteiger charge is 2.45. The maximum Gasteiger partial charge on any atom is 0.232 e. The molecule has 4 rings (SSSR count). The number of Topliss-reactive ketones (excluding diaryl/α,β-unsaturated/α-hetero) is 1. The largest absolute Gasteiger partial charge is 0.496 e. The molecule has 6 nitrogen and oxygen atoms in total. The third-order valence-electron chi connectivity index (χ3n) is 7.00. The van der Waals surface area contributed by atoms with Crippen molar-refractivity contribution in [1.82, 2.24) is 0 Å². The van der Waals surface area contributed by atoms with Gasteiger partial charge in [-0.15, -0.1) is 0 Å². The molecule has 6 heteroatoms. The molecule has 0 radical (unpaired) electrons. The van der Waals surface area contributed by atoms with E-state index in [0.29, 0.717) is 35.7 Å². The van der Waals surface area contributed by atoms with Gasteiger partial charge >= 0.3 is 0 Å². The van der Waals surface area contributed by atoms with Crippen LogP contribution in [0.3, 0.4) is 0 Å². The highest BCUT2D eigenvalue weighted by Crippen LogP contribution is 2.51. The quantitative estimate of drug-likeness (QED) is 0.586. The molecule has 1 atom stereocenters. The maximum atomic E-state index is 13.7. The second-order valence-corrected chi connectivity index (χ2v) is 10.0. The van der Waals surface area contributed by atoms with Crippen molar-refractivity contribution in [3.8, 4) is 17.2 Å². The highest BCUT2D eigenvalue weighted by atomic mass is 16.5. The van der Waals surface area contributed by atoms with Gasteiger partial charge in [-0.25, -0.2) is 0 Å². The van der Waals surface area contributed by atoms with Gasteiger partial charge < -0.3 is 14.2 Å². The fraction of sp³-hybridized carbons (Fsp3) is 0.429. The molecule has 2 aliphatic rings. The molecule has 0 spiro atoms. The second-order valence-electron chi connectivity index (χ2n) is 10.0. The van der Waals surface area contributed by atoms with Crippen LogP contribution in [0.4, 0.5) is 5.69 Å². The van der Waals surface area contributed by atoms with Crippen molar-refractivity contribution in [2.45, 2.75) is 52.9 Å². The van der Waals surface area contributed by atoms with Crippen LogP contribution in [-0.4, -0.2) is 33.0 Å². The first-order valence-electron chi connectivity index (χ1n) is 11.6. The number of allylic oxidation sites excluding steroid dienone is 2. The van der Waals surface area contributed by atoms with Gasteiger partial charge in [0.15, 0.2) is 17.3 Å². The summed E-state index contributed by atoms with van der Waals surface area (Å²) >= 11 is 0. The Hall–Kier alpha value is -3.28. The zero-order valence-corrected chi connectivity index (χ0v) is 21.1. The Bertz CT molecular complexity index is 1190. The molecule has 1 amide bonds. The third-order valence-corrected chi connectivity index (χ3v) is 7.00. The number of carbonyl (C=O) groups excluding carboxylic acids is 2. The number of anilines is 1. The van der Waals surface area contributed by atoms with Crippen LogP contribution in [0.25, 0.3) is 0 Å². The van der Waals surface area contributed by atoms with Crippen LogP contribution in [0.5, 0.6) is 17.2 Å². The zero-order valence-electron chi connectivity index (χ0n) is 21.1. The summed E-state index contributed by atoms with van der Waals surface area (Å²) in [6, 6.07) is 9.61. The van der Waals surface area contributed by atoms with Crippen LogP contribution in [-0.2, 0) is 9.59 Å². The van der Waals surface area contributed by atoms with Crippen molar-refractivity contribution < 1.29 is 23.8 Å². The number of methoxy groups -OCH3 is 3. The lowest BCUT2D eigenvalue weighted by Crippen LogP contribution is -2.43. The van der Waals surface area contributed by atoms with Crippen LogP contribution < -0.4 is 19.1 Å². The number of ether oxygens (including phenoxy) is 3. The fourth-order valence-corrected chi connectivity index (χ4v) is 5.17. The summed E-state index contributed by atoms with van der Waals surface area (Å²) in [7, 11) is 4.72. The summed E-state index contributed by atoms with van der Waals surface area (Å²) in [5.74, 6) is 1.27. The lowest BCUT2D eigenvalue weighted by atomic mass is 9.69. The molecule has 0 saturated carbocycles. The van der Waals surface area contributed by atoms with Gasteiger partial charge in [-0.2, -0.15) is 0 Å². The maximum absolute atomic E-state index is 13.7. The SMILES string of the molecule is COc1cc(OC)c(C2CC(=O)N(c3ccc(C)c(C)c3)C3=C2C(=O)CC(C)(C)C3)cc1OC. The monoisotopic (exact) mass is 463 g/mol. The van der Waals surface area contributed by atoms with Gasteiger partial charge in [-0.1, -0.05) is 19.9 Å². The van der Waals surface area contributed by atoms with E-state index in [-0.39, 0.29) is 23.5 Å². The van der Waals surface area contributed by atoms with Gasteiger partial charge in [-0.3, -0.25) is 14.5 Å². The second kappa shape index (κ2) is 8.82. The van der Waals surface area contributed by atoms with Crippen LogP contribution in [0.15, 0.2) is 41.6 Å². The normalized spacial score (nSPS) is 19.7. The van der Waals surface area contributed by atoms with Crippen molar-refractivity contribution in [2.24, 2.45) is 5.41 Å². The Morgan fingerprint density at radius 2 is 1.50 bits per heavy atom. The van der Waals surface area contributed by atoms with Crippen molar-refractivity contribution >= 4 is 17.4 Å². The smallest absolute Gasteiger partial charge is 0.232 e. The molecule has 0 bridgehead atoms. The molecule has 0 fully saturated rings. The summed E-state index contributed by atoms with van der Waals surface area (Å²) in [5.41, 5.74) is 5.09. The predicted octanol–water partition coefficient (Wildman–Crippen LogP) is 5.49. The van der Waals surface area contributed by atoms with E-state index in [4.69, 9.17) is 14.2 Å². The van der Waals surface area contributed by atoms with Crippen molar-refractivity contribution in [3.05, 3.63) is 58.3 Å². The summed E-state index contributed by atoms with van der Waals surface area (Å²) < 4.78 is 16.6. The van der Waals surface area contributed by atoms with Crippen LogP contribution in [0, 0.1) is 19.3 Å². The summed E-state index contributed by atoms with van der Waals surface area (Å²) in [6.07, 6.45) is 1.25. The fourth-order valence-electron chi connectivity index (χ4n) is 5.17. The molecule has 0 saturated heterocycles. The standard InChI is InChI=1S/C28H33NO5/c1-16-8-9-18(10-17(16)2)29-21-14-28(3,4)15-22(30)27(21)20(12-26(29)31)19-11-24(33-6)25(34-7)13-23(19)32-5/h8-11,13,20H,12,14-15H2,1-7H3. The van der Waals surface area contributed by atoms with Gasteiger partial charge in [-0.05, 0) is 55.0 Å². The molecule has 2 aromatic carbocycles. The van der Waals surface area contributed by atoms with Gasteiger partial charge in [0.25, 0.3) is 0 Å². The van der Waals surface area contributed by atoms with Gasteiger partial charge in [0, 0.05) is 47.3 Å². The molecular formula is C28H33NO5. The Kier molecular flexibility index (Phi) is 6.19. The molecule has 1 aliphatic heterocycles. The van der Waals surface area contributed by atoms with Crippen LogP contribution >= 0.6 is 0 Å². The van der Waals surface area contributed by atoms with Crippen molar-refractivity contribution in [3.63, 3.8) is 0 Å². The number of hydrogen-bond donors (Lipinski definition) is 0. The topological polar surface area (TPSA) is 65.1 Å². The molecule has 0 aromatic heterocycles. The number of carbonyl (C=O) groups is 2. The number of benzene rings is 2. The van der Waals surface area contributed by atoms with E-state index in [1.807, 2.05) is 31.2 Å². The van der Waals surface area contributed by atoms with E-state index in [9.17, 15) is 9.59 Å². The van der Waals surface area contributed by atoms with E-state index < -0.39 is 5.92 Å². The van der Waals surface area contributed by atoms with Crippen molar-refractivity contribution in [1.29, 1.82) is 0 Å². The average Bonchev–Trinajstić information content (AvgIpc) is 2.78. The van der Waals surface area contributed by atoms with Crippen LogP contribution in [0.2, 0.25) is 0 Å². The number of hydrogen-bond acceptors (Lipinski definition) is 5. The number of amides is 1. The molecule has 180 valence electrons. The third kappa shape index (κ3) is 4.06. The molecule has 1 aliphatic carbocycles. The van der Waals surface area contributed by atoms with E-state index in [1.165, 1.54) is 0 Å². The van der Waals surface area contributed by atoms with E-state index in [1.54, 1.807) is 32.3 Å². The number of aryl methyl sites for hydroxylation is 2. The zero-order chi connectivity index (χ0) is 24.8. The minimum atomic E-state index is -0.413. The van der Waals surface area contributed by atoms with E-state index >= 15 is 0 Å². The lowest BCUT2D eigenvalue weighted by molar-refractivity contribution is -0.121. The Morgan fingerprint density at radius 1 is 0.853 bits per heavy atom. The molecule has 1 heterocycles. The average molecular weight is 464 g/mol. The minimum Gasteiger partial charge on any atom is -0.496 e. The Labute approximate surface area is 201 Å². The first-order chi connectivity index (χ1) is 16.1. The first-order valence-corrected chi connectivity index (χ1v) is 11.6. The van der Waals surface area contributed by atoms with Gasteiger partial charge in [0.2, 0.25) is 5.91 Å². The van der Waals surface area contributed by atoms with E-state index in [2.05, 4.69) is 20.8 Å². The predicted molar refractivity (Wildman–Crippen MR) is 132 cm³/mol. The number of ketones is 1. The van der Waals surface area contributed by atoms with Crippen LogP contribution in [0.1, 0.15) is 55.7 Å². The number of nitrogens with zero attached hydrogens (tertiary/aromatic N) is 1. The van der Waals surface area contributed by atoms with Crippen molar-refractivity contribution in [2.75, 3.05) is 26.2 Å². The lowest BCUT2D eigenvalue weighted by Gasteiger charge is -2.43. The molecular weight excluding hydrogens is 430 g/mol. The summed E-state index contributed by atoms with van der Waals surface area (Å²) in [5, 5.41) is 0. The summed E-state index contributed by atoms with van der Waals surface area (Å²) in [4.78, 5) is 29.1. The number of rotatable bonds is 5. The van der Waals surface area contributed by atoms with E-state index in [0.717, 1.165) is 28.1 Å². The highest BCUT2D eigenvalue weighted by molar-refractivity contribution is 6.08. The minimum absolute atomic E-state index is 0.0330. The molecule has 2 aromatic rings. The molecule has 0 N–H and O–H groups in total. The van der Waals surface area contributed by atoms with Gasteiger partial charge in [0.05, 0.1) is 21.3 Å².